The molecule has 1 aromatic rings. The van der Waals surface area contributed by atoms with E-state index in [-0.39, 0.29) is 5.82 Å². The van der Waals surface area contributed by atoms with E-state index in [1.807, 2.05) is 6.92 Å². The second kappa shape index (κ2) is 3.56. The highest BCUT2D eigenvalue weighted by Crippen LogP contribution is 2.16. The number of nitrogens with zero attached hydrogens (tertiary/aromatic N) is 1. The Labute approximate surface area is 77.5 Å². The summed E-state index contributed by atoms with van der Waals surface area (Å²) < 4.78 is 13.1. The van der Waals surface area contributed by atoms with Crippen LogP contribution in [0.3, 0.4) is 0 Å². The number of nitrogens with one attached hydrogen (secondary N) is 1. The van der Waals surface area contributed by atoms with Crippen LogP contribution in [0.25, 0.3) is 5.70 Å². The van der Waals surface area contributed by atoms with E-state index in [1.54, 1.807) is 14.0 Å². The Balaban J connectivity index is 3.23. The molecule has 3 heteroatoms. The van der Waals surface area contributed by atoms with Crippen LogP contribution in [0.2, 0.25) is 0 Å². The van der Waals surface area contributed by atoms with Gasteiger partial charge in [0, 0.05) is 24.0 Å². The Morgan fingerprint density at radius 2 is 2.08 bits per heavy atom. The average molecular weight is 180 g/mol. The van der Waals surface area contributed by atoms with E-state index < -0.39 is 0 Å². The van der Waals surface area contributed by atoms with Crippen molar-refractivity contribution in [1.29, 1.82) is 0 Å². The molecular formula is C10H13FN2. The van der Waals surface area contributed by atoms with Crippen LogP contribution >= 0.6 is 0 Å². The molecule has 1 rings (SSSR count). The molecule has 0 aliphatic heterocycles. The summed E-state index contributed by atoms with van der Waals surface area (Å²) in [5.41, 5.74) is 2.62. The zero-order chi connectivity index (χ0) is 10.0. The van der Waals surface area contributed by atoms with Crippen molar-refractivity contribution in [1.82, 2.24) is 10.3 Å². The Kier molecular flexibility index (Phi) is 2.66. The maximum atomic E-state index is 13.1. The molecule has 0 radical (unpaired) electrons. The van der Waals surface area contributed by atoms with Crippen molar-refractivity contribution in [3.05, 3.63) is 35.4 Å². The summed E-state index contributed by atoms with van der Waals surface area (Å²) in [5.74, 6) is -0.294. The molecule has 0 aliphatic rings. The molecule has 13 heavy (non-hydrogen) atoms. The van der Waals surface area contributed by atoms with E-state index in [0.717, 1.165) is 11.3 Å². The van der Waals surface area contributed by atoms with Gasteiger partial charge in [-0.05, 0) is 19.9 Å². The van der Waals surface area contributed by atoms with Gasteiger partial charge in [0.25, 0.3) is 0 Å². The van der Waals surface area contributed by atoms with Crippen LogP contribution in [0, 0.1) is 19.7 Å². The second-order valence-corrected chi connectivity index (χ2v) is 2.92. The van der Waals surface area contributed by atoms with Gasteiger partial charge in [0.15, 0.2) is 0 Å². The molecule has 0 saturated heterocycles. The van der Waals surface area contributed by atoms with Crippen molar-refractivity contribution in [3.63, 3.8) is 0 Å². The molecule has 0 fully saturated rings. The van der Waals surface area contributed by atoms with Crippen LogP contribution in [0.1, 0.15) is 17.0 Å². The number of aryl methyl sites for hydroxylation is 2. The average Bonchev–Trinajstić information content (AvgIpc) is 2.10. The van der Waals surface area contributed by atoms with Crippen LogP contribution in [0.5, 0.6) is 0 Å². The number of pyridine rings is 1. The highest BCUT2D eigenvalue weighted by Gasteiger charge is 2.07. The van der Waals surface area contributed by atoms with Crippen molar-refractivity contribution in [2.75, 3.05) is 7.05 Å². The topological polar surface area (TPSA) is 24.9 Å². The minimum atomic E-state index is -0.294. The lowest BCUT2D eigenvalue weighted by Crippen LogP contribution is -2.07. The third-order valence-corrected chi connectivity index (χ3v) is 1.97. The fourth-order valence-corrected chi connectivity index (χ4v) is 1.14. The molecule has 2 nitrogen and oxygen atoms in total. The van der Waals surface area contributed by atoms with Gasteiger partial charge in [-0.1, -0.05) is 6.58 Å². The van der Waals surface area contributed by atoms with Gasteiger partial charge in [-0.3, -0.25) is 4.98 Å². The van der Waals surface area contributed by atoms with E-state index in [9.17, 15) is 4.39 Å². The first-order valence-electron chi connectivity index (χ1n) is 4.07. The van der Waals surface area contributed by atoms with E-state index >= 15 is 0 Å². The van der Waals surface area contributed by atoms with E-state index in [1.165, 1.54) is 6.07 Å². The molecule has 0 amide bonds. The summed E-state index contributed by atoms with van der Waals surface area (Å²) in [6.07, 6.45) is 0. The molecule has 0 aliphatic carbocycles. The predicted molar refractivity (Wildman–Crippen MR) is 51.8 cm³/mol. The van der Waals surface area contributed by atoms with Crippen molar-refractivity contribution < 1.29 is 4.39 Å². The predicted octanol–water partition coefficient (Wildman–Crippen LogP) is 2.03. The molecule has 0 bridgehead atoms. The SMILES string of the molecule is C=C(NC)c1cc(F)c(C)nc1C. The molecule has 0 spiro atoms. The number of hydrogen-bond donors (Lipinski definition) is 1. The Morgan fingerprint density at radius 3 is 2.62 bits per heavy atom. The van der Waals surface area contributed by atoms with Crippen LogP contribution in [-0.2, 0) is 0 Å². The Hall–Kier alpha value is -1.38. The number of aromatic nitrogens is 1. The summed E-state index contributed by atoms with van der Waals surface area (Å²) in [6, 6.07) is 1.45. The Morgan fingerprint density at radius 1 is 1.46 bits per heavy atom. The monoisotopic (exact) mass is 180 g/mol. The van der Waals surface area contributed by atoms with E-state index in [2.05, 4.69) is 16.9 Å². The highest BCUT2D eigenvalue weighted by molar-refractivity contribution is 5.63. The Bertz CT molecular complexity index is 345. The quantitative estimate of drug-likeness (QED) is 0.753. The first kappa shape index (κ1) is 9.71. The fourth-order valence-electron chi connectivity index (χ4n) is 1.14. The summed E-state index contributed by atoms with van der Waals surface area (Å²) in [5, 5.41) is 2.87. The molecule has 70 valence electrons. The number of hydrogen-bond acceptors (Lipinski definition) is 2. The lowest BCUT2D eigenvalue weighted by atomic mass is 10.1. The maximum Gasteiger partial charge on any atom is 0.145 e. The lowest BCUT2D eigenvalue weighted by molar-refractivity contribution is 0.607. The molecule has 1 aromatic heterocycles. The molecule has 0 unspecified atom stereocenters. The van der Waals surface area contributed by atoms with Crippen molar-refractivity contribution in [3.8, 4) is 0 Å². The zero-order valence-electron chi connectivity index (χ0n) is 8.11. The van der Waals surface area contributed by atoms with Crippen molar-refractivity contribution in [2.45, 2.75) is 13.8 Å². The van der Waals surface area contributed by atoms with Crippen molar-refractivity contribution in [2.24, 2.45) is 0 Å². The van der Waals surface area contributed by atoms with Crippen LogP contribution in [0.15, 0.2) is 12.6 Å². The first-order chi connectivity index (χ1) is 6.06. The highest BCUT2D eigenvalue weighted by atomic mass is 19.1. The number of halogens is 1. The van der Waals surface area contributed by atoms with Gasteiger partial charge in [-0.2, -0.15) is 0 Å². The summed E-state index contributed by atoms with van der Waals surface area (Å²) in [4.78, 5) is 4.07. The molecule has 0 aromatic carbocycles. The minimum absolute atomic E-state index is 0.294. The zero-order valence-corrected chi connectivity index (χ0v) is 8.11. The van der Waals surface area contributed by atoms with Gasteiger partial charge < -0.3 is 5.32 Å². The summed E-state index contributed by atoms with van der Waals surface area (Å²) in [7, 11) is 1.75. The van der Waals surface area contributed by atoms with E-state index in [0.29, 0.717) is 11.4 Å². The minimum Gasteiger partial charge on any atom is -0.388 e. The van der Waals surface area contributed by atoms with Gasteiger partial charge in [0.05, 0.1) is 5.69 Å². The normalized spacial score (nSPS) is 9.85. The molecule has 0 atom stereocenters. The third-order valence-electron chi connectivity index (χ3n) is 1.97. The maximum absolute atomic E-state index is 13.1. The summed E-state index contributed by atoms with van der Waals surface area (Å²) >= 11 is 0. The van der Waals surface area contributed by atoms with Gasteiger partial charge in [0.2, 0.25) is 0 Å². The van der Waals surface area contributed by atoms with Gasteiger partial charge in [-0.15, -0.1) is 0 Å². The van der Waals surface area contributed by atoms with Gasteiger partial charge in [0.1, 0.15) is 5.82 Å². The van der Waals surface area contributed by atoms with Crippen LogP contribution in [0.4, 0.5) is 4.39 Å². The first-order valence-corrected chi connectivity index (χ1v) is 4.07. The lowest BCUT2D eigenvalue weighted by Gasteiger charge is -2.09. The largest absolute Gasteiger partial charge is 0.388 e. The third kappa shape index (κ3) is 1.86. The van der Waals surface area contributed by atoms with Crippen LogP contribution < -0.4 is 5.32 Å². The van der Waals surface area contributed by atoms with Gasteiger partial charge in [-0.25, -0.2) is 4.39 Å². The standard InChI is InChI=1S/C10H13FN2/c1-6(12-4)9-5-10(11)8(3)13-7(9)2/h5,12H,1H2,2-4H3. The molecular weight excluding hydrogens is 167 g/mol. The van der Waals surface area contributed by atoms with E-state index in [4.69, 9.17) is 0 Å². The van der Waals surface area contributed by atoms with Crippen LogP contribution in [-0.4, -0.2) is 12.0 Å². The summed E-state index contributed by atoms with van der Waals surface area (Å²) in [6.45, 7) is 7.24. The van der Waals surface area contributed by atoms with Gasteiger partial charge >= 0.3 is 0 Å². The fraction of sp³-hybridized carbons (Fsp3) is 0.300. The number of rotatable bonds is 2. The molecule has 1 heterocycles. The molecule has 0 saturated carbocycles. The second-order valence-electron chi connectivity index (χ2n) is 2.92. The van der Waals surface area contributed by atoms with Crippen molar-refractivity contribution >= 4 is 5.70 Å². The molecule has 1 N–H and O–H groups in total. The smallest absolute Gasteiger partial charge is 0.145 e.